The van der Waals surface area contributed by atoms with Crippen LogP contribution in [-0.4, -0.2) is 19.0 Å². The van der Waals surface area contributed by atoms with Crippen molar-refractivity contribution in [2.24, 2.45) is 10.7 Å². The number of nitrogens with zero attached hydrogens (tertiary/aromatic N) is 1. The molecule has 5 heteroatoms. The van der Waals surface area contributed by atoms with Crippen LogP contribution in [0.5, 0.6) is 0 Å². The third-order valence-electron chi connectivity index (χ3n) is 2.82. The molecular formula is C15H23BrIN3. The van der Waals surface area contributed by atoms with Gasteiger partial charge in [0.15, 0.2) is 5.96 Å². The van der Waals surface area contributed by atoms with E-state index in [4.69, 9.17) is 5.73 Å². The van der Waals surface area contributed by atoms with Gasteiger partial charge in [-0.05, 0) is 18.6 Å². The normalized spacial score (nSPS) is 11.7. The molecule has 3 N–H and O–H groups in total. The Balaban J connectivity index is 0.00000361. The van der Waals surface area contributed by atoms with Crippen molar-refractivity contribution in [2.45, 2.75) is 26.2 Å². The topological polar surface area (TPSA) is 50.4 Å². The molecule has 3 nitrogen and oxygen atoms in total. The van der Waals surface area contributed by atoms with Gasteiger partial charge in [0, 0.05) is 16.4 Å². The predicted octanol–water partition coefficient (Wildman–Crippen LogP) is 3.83. The van der Waals surface area contributed by atoms with Gasteiger partial charge in [0.1, 0.15) is 0 Å². The Kier molecular flexibility index (Phi) is 8.42. The van der Waals surface area contributed by atoms with Crippen LogP contribution in [-0.2, 0) is 5.41 Å². The van der Waals surface area contributed by atoms with Crippen LogP contribution in [0.3, 0.4) is 0 Å². The van der Waals surface area contributed by atoms with Gasteiger partial charge in [0.25, 0.3) is 0 Å². The van der Waals surface area contributed by atoms with Gasteiger partial charge in [-0.2, -0.15) is 0 Å². The van der Waals surface area contributed by atoms with Crippen LogP contribution in [0.1, 0.15) is 26.3 Å². The molecule has 0 amide bonds. The minimum atomic E-state index is -0.0738. The zero-order valence-electron chi connectivity index (χ0n) is 12.2. The SMILES string of the molecule is C=C(C)CNC(N)=NCC(C)(C)c1ccccc1Br.I. The molecule has 0 atom stereocenters. The zero-order valence-corrected chi connectivity index (χ0v) is 16.2. The van der Waals surface area contributed by atoms with E-state index in [0.717, 1.165) is 10.0 Å². The van der Waals surface area contributed by atoms with E-state index >= 15 is 0 Å². The number of aliphatic imine (C=N–C) groups is 1. The van der Waals surface area contributed by atoms with Gasteiger partial charge >= 0.3 is 0 Å². The lowest BCUT2D eigenvalue weighted by Crippen LogP contribution is -2.34. The molecule has 0 aromatic heterocycles. The molecule has 0 aliphatic heterocycles. The molecule has 0 spiro atoms. The third-order valence-corrected chi connectivity index (χ3v) is 3.51. The molecule has 0 aliphatic carbocycles. The summed E-state index contributed by atoms with van der Waals surface area (Å²) in [5.41, 5.74) is 8.02. The average molecular weight is 452 g/mol. The summed E-state index contributed by atoms with van der Waals surface area (Å²) in [6.07, 6.45) is 0. The second-order valence-corrected chi connectivity index (χ2v) is 6.23. The third kappa shape index (κ3) is 6.26. The van der Waals surface area contributed by atoms with Gasteiger partial charge in [-0.1, -0.05) is 60.1 Å². The second-order valence-electron chi connectivity index (χ2n) is 5.38. The fraction of sp³-hybridized carbons (Fsp3) is 0.400. The molecule has 20 heavy (non-hydrogen) atoms. The van der Waals surface area contributed by atoms with Crippen LogP contribution in [0, 0.1) is 0 Å². The van der Waals surface area contributed by atoms with Gasteiger partial charge in [0.05, 0.1) is 6.54 Å². The maximum absolute atomic E-state index is 5.83. The summed E-state index contributed by atoms with van der Waals surface area (Å²) in [7, 11) is 0. The minimum Gasteiger partial charge on any atom is -0.370 e. The van der Waals surface area contributed by atoms with E-state index in [9.17, 15) is 0 Å². The Hall–Kier alpha value is -0.560. The minimum absolute atomic E-state index is 0. The summed E-state index contributed by atoms with van der Waals surface area (Å²) in [5.74, 6) is 0.461. The molecule has 0 radical (unpaired) electrons. The van der Waals surface area contributed by atoms with Gasteiger partial charge in [-0.3, -0.25) is 4.99 Å². The van der Waals surface area contributed by atoms with Gasteiger partial charge in [-0.15, -0.1) is 24.0 Å². The predicted molar refractivity (Wildman–Crippen MR) is 102 cm³/mol. The largest absolute Gasteiger partial charge is 0.370 e. The van der Waals surface area contributed by atoms with Crippen molar-refractivity contribution in [1.29, 1.82) is 0 Å². The molecule has 112 valence electrons. The molecule has 0 heterocycles. The molecular weight excluding hydrogens is 429 g/mol. The molecule has 1 aromatic rings. The van der Waals surface area contributed by atoms with Crippen molar-refractivity contribution < 1.29 is 0 Å². The van der Waals surface area contributed by atoms with E-state index in [1.165, 1.54) is 5.56 Å². The second kappa shape index (κ2) is 8.67. The van der Waals surface area contributed by atoms with Gasteiger partial charge in [-0.25, -0.2) is 0 Å². The van der Waals surface area contributed by atoms with Crippen molar-refractivity contribution in [2.75, 3.05) is 13.1 Å². The number of halogens is 2. The number of rotatable bonds is 5. The number of benzene rings is 1. The maximum atomic E-state index is 5.83. The Labute approximate surface area is 147 Å². The molecule has 0 aliphatic rings. The number of hydrogen-bond donors (Lipinski definition) is 2. The monoisotopic (exact) mass is 451 g/mol. The standard InChI is InChI=1S/C15H22BrN3.HI/c1-11(2)9-18-14(17)19-10-15(3,4)12-7-5-6-8-13(12)16;/h5-8H,1,9-10H2,2-4H3,(H3,17,18,19);1H. The molecule has 0 saturated carbocycles. The summed E-state index contributed by atoms with van der Waals surface area (Å²) in [6, 6.07) is 8.20. The lowest BCUT2D eigenvalue weighted by Gasteiger charge is -2.24. The fourth-order valence-electron chi connectivity index (χ4n) is 1.68. The summed E-state index contributed by atoms with van der Waals surface area (Å²) in [6.45, 7) is 11.4. The first-order valence-electron chi connectivity index (χ1n) is 6.26. The maximum Gasteiger partial charge on any atom is 0.188 e. The number of hydrogen-bond acceptors (Lipinski definition) is 1. The Morgan fingerprint density at radius 3 is 2.55 bits per heavy atom. The van der Waals surface area contributed by atoms with Crippen LogP contribution < -0.4 is 11.1 Å². The molecule has 0 saturated heterocycles. The van der Waals surface area contributed by atoms with E-state index in [2.05, 4.69) is 52.7 Å². The van der Waals surface area contributed by atoms with Crippen molar-refractivity contribution >= 4 is 45.9 Å². The molecule has 1 rings (SSSR count). The Bertz CT molecular complexity index is 484. The summed E-state index contributed by atoms with van der Waals surface area (Å²) >= 11 is 3.58. The lowest BCUT2D eigenvalue weighted by atomic mass is 9.85. The van der Waals surface area contributed by atoms with Crippen molar-refractivity contribution in [1.82, 2.24) is 5.32 Å². The highest BCUT2D eigenvalue weighted by Gasteiger charge is 2.22. The number of nitrogens with one attached hydrogen (secondary N) is 1. The lowest BCUT2D eigenvalue weighted by molar-refractivity contribution is 0.536. The highest BCUT2D eigenvalue weighted by atomic mass is 127. The molecule has 0 fully saturated rings. The number of nitrogens with two attached hydrogens (primary N) is 1. The molecule has 1 aromatic carbocycles. The number of guanidine groups is 1. The molecule has 0 bridgehead atoms. The first-order chi connectivity index (χ1) is 8.83. The van der Waals surface area contributed by atoms with Gasteiger partial charge in [0.2, 0.25) is 0 Å². The van der Waals surface area contributed by atoms with E-state index in [-0.39, 0.29) is 29.4 Å². The van der Waals surface area contributed by atoms with Crippen LogP contribution >= 0.6 is 39.9 Å². The van der Waals surface area contributed by atoms with Crippen molar-refractivity contribution in [3.8, 4) is 0 Å². The van der Waals surface area contributed by atoms with Crippen molar-refractivity contribution in [3.05, 3.63) is 46.5 Å². The quantitative estimate of drug-likeness (QED) is 0.309. The van der Waals surface area contributed by atoms with Crippen LogP contribution in [0.15, 0.2) is 45.9 Å². The van der Waals surface area contributed by atoms with Gasteiger partial charge < -0.3 is 11.1 Å². The first kappa shape index (κ1) is 19.4. The van der Waals surface area contributed by atoms with Crippen LogP contribution in [0.25, 0.3) is 0 Å². The van der Waals surface area contributed by atoms with Crippen molar-refractivity contribution in [3.63, 3.8) is 0 Å². The highest BCUT2D eigenvalue weighted by Crippen LogP contribution is 2.30. The van der Waals surface area contributed by atoms with E-state index in [0.29, 0.717) is 19.0 Å². The van der Waals surface area contributed by atoms with E-state index < -0.39 is 0 Å². The summed E-state index contributed by atoms with van der Waals surface area (Å²) < 4.78 is 1.10. The zero-order chi connectivity index (χ0) is 14.5. The van der Waals surface area contributed by atoms with E-state index in [1.54, 1.807) is 0 Å². The summed E-state index contributed by atoms with van der Waals surface area (Å²) in [4.78, 5) is 4.41. The van der Waals surface area contributed by atoms with E-state index in [1.807, 2.05) is 25.1 Å². The fourth-order valence-corrected chi connectivity index (χ4v) is 2.50. The molecule has 0 unspecified atom stereocenters. The van der Waals surface area contributed by atoms with Crippen LogP contribution in [0.2, 0.25) is 0 Å². The Morgan fingerprint density at radius 2 is 2.00 bits per heavy atom. The average Bonchev–Trinajstić information content (AvgIpc) is 2.34. The highest BCUT2D eigenvalue weighted by molar-refractivity contribution is 14.0. The summed E-state index contributed by atoms with van der Waals surface area (Å²) in [5, 5.41) is 3.04. The van der Waals surface area contributed by atoms with Crippen LogP contribution in [0.4, 0.5) is 0 Å². The first-order valence-corrected chi connectivity index (χ1v) is 7.05. The Morgan fingerprint density at radius 1 is 1.40 bits per heavy atom. The smallest absolute Gasteiger partial charge is 0.188 e.